The summed E-state index contributed by atoms with van der Waals surface area (Å²) in [6.07, 6.45) is -7.11. The van der Waals surface area contributed by atoms with Crippen LogP contribution in [-0.2, 0) is 9.47 Å². The molecule has 0 saturated carbocycles. The Hall–Kier alpha value is -3.39. The molecule has 2 aromatic carbocycles. The molecule has 0 spiro atoms. The smallest absolute Gasteiger partial charge is 0.134 e. The molecule has 14 nitrogen and oxygen atoms in total. The summed E-state index contributed by atoms with van der Waals surface area (Å²) in [5.74, 6) is -2.40. The number of aromatic nitrogens is 6. The van der Waals surface area contributed by atoms with Crippen LogP contribution >= 0.6 is 11.8 Å². The highest BCUT2D eigenvalue weighted by atomic mass is 32.2. The van der Waals surface area contributed by atoms with Crippen LogP contribution in [-0.4, -0.2) is 121 Å². The zero-order valence-corrected chi connectivity index (χ0v) is 23.7. The molecule has 2 aliphatic rings. The second-order valence-electron chi connectivity index (χ2n) is 10.2. The maximum Gasteiger partial charge on any atom is 0.134 e. The molecule has 0 radical (unpaired) electrons. The summed E-state index contributed by atoms with van der Waals surface area (Å²) in [5, 5.41) is 80.5. The lowest BCUT2D eigenvalue weighted by atomic mass is 9.97. The van der Waals surface area contributed by atoms with Crippen LogP contribution in [0.15, 0.2) is 60.8 Å². The van der Waals surface area contributed by atoms with Crippen molar-refractivity contribution in [2.24, 2.45) is 0 Å². The van der Waals surface area contributed by atoms with Gasteiger partial charge in [0.25, 0.3) is 0 Å². The predicted molar refractivity (Wildman–Crippen MR) is 152 cm³/mol. The number of halogens is 2. The Balaban J connectivity index is 1.28. The van der Waals surface area contributed by atoms with E-state index in [1.807, 2.05) is 0 Å². The second kappa shape index (κ2) is 13.1. The molecule has 2 aliphatic heterocycles. The van der Waals surface area contributed by atoms with Gasteiger partial charge in [0.05, 0.1) is 33.8 Å². The van der Waals surface area contributed by atoms with Gasteiger partial charge >= 0.3 is 0 Å². The molecule has 17 heteroatoms. The van der Waals surface area contributed by atoms with Crippen LogP contribution < -0.4 is 0 Å². The molecule has 3 unspecified atom stereocenters. The number of ether oxygens (including phenoxy) is 2. The molecule has 10 atom stereocenters. The van der Waals surface area contributed by atoms with Crippen molar-refractivity contribution in [3.05, 3.63) is 72.4 Å². The topological polar surface area (TPSA) is 201 Å². The van der Waals surface area contributed by atoms with Crippen molar-refractivity contribution in [1.29, 1.82) is 0 Å². The van der Waals surface area contributed by atoms with Gasteiger partial charge in [-0.3, -0.25) is 0 Å². The minimum atomic E-state index is -1.70. The van der Waals surface area contributed by atoms with Crippen LogP contribution in [0.5, 0.6) is 0 Å². The zero-order chi connectivity index (χ0) is 37.0. The van der Waals surface area contributed by atoms with E-state index >= 15 is 0 Å². The van der Waals surface area contributed by atoms with Crippen molar-refractivity contribution in [1.82, 2.24) is 30.0 Å². The second-order valence-corrected chi connectivity index (χ2v) is 11.4. The Morgan fingerprint density at radius 1 is 0.711 bits per heavy atom. The fraction of sp³-hybridized carbons (Fsp3) is 0.429. The van der Waals surface area contributed by atoms with Crippen LogP contribution in [0.4, 0.5) is 8.78 Å². The lowest BCUT2D eigenvalue weighted by molar-refractivity contribution is -0.189. The molecule has 0 aliphatic carbocycles. The van der Waals surface area contributed by atoms with Crippen molar-refractivity contribution in [3.63, 3.8) is 0 Å². The molecule has 4 heterocycles. The van der Waals surface area contributed by atoms with E-state index in [2.05, 4.69) is 20.6 Å². The number of rotatable bonds is 8. The highest BCUT2D eigenvalue weighted by Crippen LogP contribution is 2.42. The van der Waals surface area contributed by atoms with Crippen LogP contribution in [0.2, 0.25) is 0 Å². The number of thioether (sulfide) groups is 1. The van der Waals surface area contributed by atoms with Gasteiger partial charge in [0.2, 0.25) is 0 Å². The SMILES string of the molecule is [2H]c1cc([2H])c(-c2cn(C3[C@@H](O)[C@@H](CO)O[C@@H](S[C@@H]4OC(CO)[C@H](O)[C@H](n5cc(-c6c([2H])cc([2H])c(F)c6[2H])nn5)C4O)[C@@H]3O)nn2)c([2H])c1F. The first-order valence-electron chi connectivity index (χ1n) is 16.5. The van der Waals surface area contributed by atoms with Gasteiger partial charge in [0.15, 0.2) is 0 Å². The summed E-state index contributed by atoms with van der Waals surface area (Å²) in [5.41, 5.74) is -3.80. The maximum absolute atomic E-state index is 14.3. The van der Waals surface area contributed by atoms with Gasteiger partial charge in [-0.25, -0.2) is 18.1 Å². The van der Waals surface area contributed by atoms with Crippen molar-refractivity contribution in [3.8, 4) is 22.5 Å². The Kier molecular flexibility index (Phi) is 7.24. The molecule has 0 bridgehead atoms. The van der Waals surface area contributed by atoms with E-state index in [1.54, 1.807) is 0 Å². The number of benzene rings is 2. The molecule has 2 saturated heterocycles. The number of aliphatic hydroxyl groups excluding tert-OH is 6. The van der Waals surface area contributed by atoms with E-state index in [0.717, 1.165) is 33.9 Å². The van der Waals surface area contributed by atoms with Crippen molar-refractivity contribution >= 4 is 11.8 Å². The molecule has 6 N–H and O–H groups in total. The van der Waals surface area contributed by atoms with Gasteiger partial charge in [0.1, 0.15) is 82.6 Å². The van der Waals surface area contributed by atoms with Crippen molar-refractivity contribution in [2.45, 2.75) is 59.6 Å². The molecular weight excluding hydrogens is 618 g/mol. The first kappa shape index (κ1) is 24.8. The first-order chi connectivity index (χ1) is 24.2. The largest absolute Gasteiger partial charge is 0.394 e. The summed E-state index contributed by atoms with van der Waals surface area (Å²) in [6.45, 7) is -1.53. The third-order valence-electron chi connectivity index (χ3n) is 7.41. The van der Waals surface area contributed by atoms with Gasteiger partial charge in [-0.1, -0.05) is 46.4 Å². The van der Waals surface area contributed by atoms with Gasteiger partial charge < -0.3 is 40.1 Å². The van der Waals surface area contributed by atoms with E-state index < -0.39 is 121 Å². The Morgan fingerprint density at radius 3 is 1.53 bits per heavy atom. The monoisotopic (exact) mass is 654 g/mol. The van der Waals surface area contributed by atoms with E-state index in [9.17, 15) is 39.4 Å². The third kappa shape index (κ3) is 6.23. The predicted octanol–water partition coefficient (Wildman–Crippen LogP) is -0.125. The standard InChI is InChI=1S/C28H30F2N6O8S/c29-15-5-1-3-13(7-15)17-9-35(33-31-17)21-23(39)19(11-37)43-27(25(21)41)45-28-26(42)22(24(40)20(12-38)44-28)36-10-18(32-34-36)14-4-2-6-16(30)8-14/h1-10,19-28,37-42H,11-12H2/t19-,20?,21?,22+,23+,24+,25-,26?,27+,28+/m1/s1/i3D,4D,5D,6D,7D,8D. The van der Waals surface area contributed by atoms with Crippen LogP contribution in [0.3, 0.4) is 0 Å². The van der Waals surface area contributed by atoms with Crippen LogP contribution in [0.25, 0.3) is 22.5 Å². The van der Waals surface area contributed by atoms with Crippen LogP contribution in [0, 0.1) is 11.6 Å². The van der Waals surface area contributed by atoms with Crippen molar-refractivity contribution < 1.29 is 57.1 Å². The number of hydrogen-bond donors (Lipinski definition) is 6. The fourth-order valence-electron chi connectivity index (χ4n) is 5.17. The Bertz CT molecular complexity index is 1800. The molecule has 2 fully saturated rings. The highest BCUT2D eigenvalue weighted by Gasteiger charge is 2.51. The highest BCUT2D eigenvalue weighted by molar-refractivity contribution is 8.00. The minimum Gasteiger partial charge on any atom is -0.394 e. The fourth-order valence-corrected chi connectivity index (χ4v) is 6.50. The summed E-state index contributed by atoms with van der Waals surface area (Å²) in [6, 6.07) is -4.79. The molecule has 2 aromatic heterocycles. The summed E-state index contributed by atoms with van der Waals surface area (Å²) in [7, 11) is 0. The minimum absolute atomic E-state index is 0.186. The molecule has 4 aromatic rings. The molecule has 6 rings (SSSR count). The Morgan fingerprint density at radius 2 is 1.13 bits per heavy atom. The first-order valence-corrected chi connectivity index (χ1v) is 14.4. The van der Waals surface area contributed by atoms with Crippen LogP contribution in [0.1, 0.15) is 20.3 Å². The van der Waals surface area contributed by atoms with E-state index in [1.165, 1.54) is 0 Å². The normalized spacial score (nSPS) is 34.0. The van der Waals surface area contributed by atoms with Gasteiger partial charge in [0, 0.05) is 11.1 Å². The molecule has 240 valence electrons. The Labute approximate surface area is 266 Å². The average molecular weight is 655 g/mol. The summed E-state index contributed by atoms with van der Waals surface area (Å²) in [4.78, 5) is 0. The molecule has 45 heavy (non-hydrogen) atoms. The average Bonchev–Trinajstić information content (AvgIpc) is 3.76. The van der Waals surface area contributed by atoms with E-state index in [-0.39, 0.29) is 22.5 Å². The lowest BCUT2D eigenvalue weighted by Gasteiger charge is -2.46. The molecular formula is C28H30F2N6O8S. The maximum atomic E-state index is 14.3. The summed E-state index contributed by atoms with van der Waals surface area (Å²) >= 11 is 0.647. The number of aliphatic hydroxyl groups is 6. The summed E-state index contributed by atoms with van der Waals surface area (Å²) < 4.78 is 89.6. The zero-order valence-electron chi connectivity index (χ0n) is 28.8. The van der Waals surface area contributed by atoms with E-state index in [0.29, 0.717) is 11.8 Å². The number of hydrogen-bond acceptors (Lipinski definition) is 13. The third-order valence-corrected chi connectivity index (χ3v) is 8.73. The van der Waals surface area contributed by atoms with Gasteiger partial charge in [-0.2, -0.15) is 0 Å². The van der Waals surface area contributed by atoms with E-state index in [4.69, 9.17) is 17.7 Å². The lowest BCUT2D eigenvalue weighted by Crippen LogP contribution is -2.58. The molecule has 0 amide bonds. The van der Waals surface area contributed by atoms with Gasteiger partial charge in [-0.05, 0) is 24.2 Å². The number of nitrogens with zero attached hydrogens (tertiary/aromatic N) is 6. The van der Waals surface area contributed by atoms with Gasteiger partial charge in [-0.15, -0.1) is 10.2 Å². The van der Waals surface area contributed by atoms with Crippen molar-refractivity contribution in [2.75, 3.05) is 13.2 Å². The quantitative estimate of drug-likeness (QED) is 0.147.